The van der Waals surface area contributed by atoms with Crippen molar-refractivity contribution in [1.82, 2.24) is 25.1 Å². The van der Waals surface area contributed by atoms with E-state index in [1.807, 2.05) is 25.1 Å². The molecule has 0 saturated heterocycles. The molecule has 0 aliphatic heterocycles. The van der Waals surface area contributed by atoms with Crippen molar-refractivity contribution in [3.05, 3.63) is 69.9 Å². The first-order chi connectivity index (χ1) is 13.9. The third-order valence-corrected chi connectivity index (χ3v) is 5.02. The van der Waals surface area contributed by atoms with E-state index >= 15 is 0 Å². The fourth-order valence-electron chi connectivity index (χ4n) is 3.20. The van der Waals surface area contributed by atoms with Gasteiger partial charge in [0.15, 0.2) is 11.6 Å². The Morgan fingerprint density at radius 1 is 1.33 bits per heavy atom. The van der Waals surface area contributed by atoms with Gasteiger partial charge in [-0.25, -0.2) is 9.97 Å². The summed E-state index contributed by atoms with van der Waals surface area (Å²) in [6, 6.07) is 10.5. The van der Waals surface area contributed by atoms with E-state index in [0.29, 0.717) is 39.5 Å². The molecule has 1 atom stereocenters. The molecule has 0 spiro atoms. The standard InChI is InChI=1S/C21H19ClN6O.H2S/c1-12(25-21(29)17-7-16(15-4-5-15)8-18(22)9-17)20-26-13(2)27-28(20)19-6-3-14(10-23)11-24-19;/h3,6-9,11-12,15H,4-5H2,1-2H3,(H,25,29);1H2/t12-;/m1./s1. The van der Waals surface area contributed by atoms with Gasteiger partial charge in [-0.1, -0.05) is 11.6 Å². The Morgan fingerprint density at radius 2 is 2.10 bits per heavy atom. The van der Waals surface area contributed by atoms with Crippen LogP contribution in [0.2, 0.25) is 5.02 Å². The molecule has 0 unspecified atom stereocenters. The van der Waals surface area contributed by atoms with Crippen LogP contribution in [0, 0.1) is 18.3 Å². The highest BCUT2D eigenvalue weighted by Gasteiger charge is 2.25. The minimum Gasteiger partial charge on any atom is -0.342 e. The minimum absolute atomic E-state index is 0. The van der Waals surface area contributed by atoms with Gasteiger partial charge in [-0.15, -0.1) is 5.10 Å². The van der Waals surface area contributed by atoms with E-state index in [2.05, 4.69) is 20.4 Å². The Labute approximate surface area is 186 Å². The van der Waals surface area contributed by atoms with Crippen molar-refractivity contribution in [3.8, 4) is 11.9 Å². The second-order valence-electron chi connectivity index (χ2n) is 7.19. The lowest BCUT2D eigenvalue weighted by atomic mass is 10.1. The van der Waals surface area contributed by atoms with Gasteiger partial charge in [0.25, 0.3) is 5.91 Å². The molecule has 1 aliphatic carbocycles. The first-order valence-corrected chi connectivity index (χ1v) is 9.74. The minimum atomic E-state index is -0.413. The number of carbonyl (C=O) groups excluding carboxylic acids is 1. The van der Waals surface area contributed by atoms with Gasteiger partial charge < -0.3 is 5.32 Å². The second kappa shape index (κ2) is 8.86. The van der Waals surface area contributed by atoms with Crippen molar-refractivity contribution in [2.24, 2.45) is 0 Å². The Balaban J connectivity index is 0.00000256. The quantitative estimate of drug-likeness (QED) is 0.647. The summed E-state index contributed by atoms with van der Waals surface area (Å²) in [5.41, 5.74) is 2.10. The highest BCUT2D eigenvalue weighted by Crippen LogP contribution is 2.41. The molecule has 0 bridgehead atoms. The molecule has 2 aromatic heterocycles. The smallest absolute Gasteiger partial charge is 0.251 e. The summed E-state index contributed by atoms with van der Waals surface area (Å²) in [7, 11) is 0. The Hall–Kier alpha value is -2.89. The monoisotopic (exact) mass is 440 g/mol. The maximum atomic E-state index is 12.8. The van der Waals surface area contributed by atoms with Gasteiger partial charge in [-0.3, -0.25) is 4.79 Å². The fraction of sp³-hybridized carbons (Fsp3) is 0.286. The van der Waals surface area contributed by atoms with Crippen LogP contribution < -0.4 is 5.32 Å². The Kier molecular flexibility index (Phi) is 6.44. The average molecular weight is 441 g/mol. The van der Waals surface area contributed by atoms with Crippen LogP contribution in [0.15, 0.2) is 36.5 Å². The number of halogens is 1. The molecule has 3 aromatic rings. The highest BCUT2D eigenvalue weighted by atomic mass is 35.5. The fourth-order valence-corrected chi connectivity index (χ4v) is 3.44. The van der Waals surface area contributed by atoms with Crippen LogP contribution in [0.4, 0.5) is 0 Å². The maximum absolute atomic E-state index is 12.8. The molecule has 1 aromatic carbocycles. The zero-order valence-corrected chi connectivity index (χ0v) is 18.3. The molecule has 2 heterocycles. The number of carbonyl (C=O) groups is 1. The van der Waals surface area contributed by atoms with E-state index in [-0.39, 0.29) is 19.4 Å². The molecule has 7 nitrogen and oxygen atoms in total. The van der Waals surface area contributed by atoms with Crippen LogP contribution in [0.25, 0.3) is 5.82 Å². The molecular formula is C21H21ClN6OS. The van der Waals surface area contributed by atoms with Crippen molar-refractivity contribution in [1.29, 1.82) is 5.26 Å². The van der Waals surface area contributed by atoms with Gasteiger partial charge in [-0.2, -0.15) is 23.4 Å². The zero-order chi connectivity index (χ0) is 20.5. The summed E-state index contributed by atoms with van der Waals surface area (Å²) < 4.78 is 1.58. The lowest BCUT2D eigenvalue weighted by Gasteiger charge is -2.15. The number of amides is 1. The molecule has 1 N–H and O–H groups in total. The Bertz CT molecular complexity index is 1120. The van der Waals surface area contributed by atoms with Crippen LogP contribution in [0.1, 0.15) is 64.9 Å². The number of pyridine rings is 1. The number of nitrogens with zero attached hydrogens (tertiary/aromatic N) is 5. The van der Waals surface area contributed by atoms with Crippen molar-refractivity contribution in [3.63, 3.8) is 0 Å². The Morgan fingerprint density at radius 3 is 2.73 bits per heavy atom. The average Bonchev–Trinajstić information content (AvgIpc) is 3.49. The van der Waals surface area contributed by atoms with E-state index < -0.39 is 6.04 Å². The van der Waals surface area contributed by atoms with E-state index in [1.54, 1.807) is 29.8 Å². The molecule has 1 fully saturated rings. The van der Waals surface area contributed by atoms with Crippen LogP contribution >= 0.6 is 25.1 Å². The number of aromatic nitrogens is 4. The van der Waals surface area contributed by atoms with Crippen LogP contribution in [0.5, 0.6) is 0 Å². The second-order valence-corrected chi connectivity index (χ2v) is 7.62. The predicted octanol–water partition coefficient (Wildman–Crippen LogP) is 3.98. The maximum Gasteiger partial charge on any atom is 0.251 e. The van der Waals surface area contributed by atoms with E-state index in [4.69, 9.17) is 16.9 Å². The van der Waals surface area contributed by atoms with Crippen molar-refractivity contribution in [2.45, 2.75) is 38.6 Å². The number of nitriles is 1. The van der Waals surface area contributed by atoms with Crippen LogP contribution in [-0.2, 0) is 0 Å². The first kappa shape index (κ1) is 21.8. The van der Waals surface area contributed by atoms with Crippen LogP contribution in [-0.4, -0.2) is 25.7 Å². The summed E-state index contributed by atoms with van der Waals surface area (Å²) in [6.45, 7) is 3.62. The number of nitrogens with one attached hydrogen (secondary N) is 1. The summed E-state index contributed by atoms with van der Waals surface area (Å²) >= 11 is 6.22. The molecule has 1 amide bonds. The first-order valence-electron chi connectivity index (χ1n) is 9.36. The van der Waals surface area contributed by atoms with Gasteiger partial charge in [0.05, 0.1) is 11.6 Å². The summed E-state index contributed by atoms with van der Waals surface area (Å²) in [4.78, 5) is 21.6. The summed E-state index contributed by atoms with van der Waals surface area (Å²) in [6.07, 6.45) is 3.75. The third-order valence-electron chi connectivity index (χ3n) is 4.80. The number of hydrogen-bond acceptors (Lipinski definition) is 5. The normalized spacial score (nSPS) is 13.8. The third kappa shape index (κ3) is 4.64. The largest absolute Gasteiger partial charge is 0.342 e. The number of benzene rings is 1. The van der Waals surface area contributed by atoms with Gasteiger partial charge in [0, 0.05) is 16.8 Å². The zero-order valence-electron chi connectivity index (χ0n) is 16.6. The van der Waals surface area contributed by atoms with Gasteiger partial charge >= 0.3 is 0 Å². The number of aryl methyl sites for hydroxylation is 1. The number of rotatable bonds is 5. The predicted molar refractivity (Wildman–Crippen MR) is 118 cm³/mol. The molecule has 0 radical (unpaired) electrons. The molecule has 1 aliphatic rings. The topological polar surface area (TPSA) is 96.5 Å². The van der Waals surface area contributed by atoms with Crippen molar-refractivity contribution < 1.29 is 4.79 Å². The molecule has 30 heavy (non-hydrogen) atoms. The lowest BCUT2D eigenvalue weighted by molar-refractivity contribution is 0.0937. The molecule has 9 heteroatoms. The molecular weight excluding hydrogens is 420 g/mol. The van der Waals surface area contributed by atoms with E-state index in [9.17, 15) is 4.79 Å². The van der Waals surface area contributed by atoms with E-state index in [1.165, 1.54) is 6.20 Å². The summed E-state index contributed by atoms with van der Waals surface area (Å²) in [5.74, 6) is 1.93. The van der Waals surface area contributed by atoms with Crippen molar-refractivity contribution in [2.75, 3.05) is 0 Å². The summed E-state index contributed by atoms with van der Waals surface area (Å²) in [5, 5.41) is 16.9. The molecule has 4 rings (SSSR count). The number of hydrogen-bond donors (Lipinski definition) is 1. The lowest BCUT2D eigenvalue weighted by Crippen LogP contribution is -2.29. The van der Waals surface area contributed by atoms with Crippen molar-refractivity contribution >= 4 is 31.0 Å². The molecule has 154 valence electrons. The highest BCUT2D eigenvalue weighted by molar-refractivity contribution is 7.59. The SMILES string of the molecule is Cc1nc([C@@H](C)NC(=O)c2cc(Cl)cc(C3CC3)c2)n(-c2ccc(C#N)cn2)n1.S. The van der Waals surface area contributed by atoms with Gasteiger partial charge in [0.2, 0.25) is 0 Å². The molecule has 1 saturated carbocycles. The van der Waals surface area contributed by atoms with Gasteiger partial charge in [0.1, 0.15) is 11.9 Å². The van der Waals surface area contributed by atoms with Gasteiger partial charge in [-0.05, 0) is 68.5 Å². The van der Waals surface area contributed by atoms with Crippen LogP contribution in [0.3, 0.4) is 0 Å². The van der Waals surface area contributed by atoms with E-state index in [0.717, 1.165) is 18.4 Å².